The Kier molecular flexibility index (Phi) is 6.42. The maximum atomic E-state index is 13.9. The predicted molar refractivity (Wildman–Crippen MR) is 105 cm³/mol. The first-order valence-corrected chi connectivity index (χ1v) is 9.61. The Bertz CT molecular complexity index is 1050. The van der Waals surface area contributed by atoms with Gasteiger partial charge in [-0.1, -0.05) is 17.7 Å². The molecule has 0 unspecified atom stereocenters. The molecule has 1 amide bonds. The van der Waals surface area contributed by atoms with Crippen LogP contribution in [0.1, 0.15) is 20.9 Å². The summed E-state index contributed by atoms with van der Waals surface area (Å²) in [5.41, 5.74) is -1.85. The summed E-state index contributed by atoms with van der Waals surface area (Å²) in [6.45, 7) is 3.69. The van der Waals surface area contributed by atoms with Crippen molar-refractivity contribution >= 4 is 28.8 Å². The van der Waals surface area contributed by atoms with E-state index in [1.54, 1.807) is 12.1 Å². The summed E-state index contributed by atoms with van der Waals surface area (Å²) in [6.07, 6.45) is -2.57. The highest BCUT2D eigenvalue weighted by molar-refractivity contribution is 7.16. The minimum absolute atomic E-state index is 0.0408. The third-order valence-electron chi connectivity index (χ3n) is 3.93. The highest BCUT2D eigenvalue weighted by Crippen LogP contribution is 2.34. The number of hydrogen-bond donors (Lipinski definition) is 0. The van der Waals surface area contributed by atoms with Crippen molar-refractivity contribution in [1.29, 1.82) is 0 Å². The van der Waals surface area contributed by atoms with Gasteiger partial charge in [-0.15, -0.1) is 28.1 Å². The van der Waals surface area contributed by atoms with Crippen molar-refractivity contribution in [3.05, 3.63) is 63.6 Å². The lowest BCUT2D eigenvalue weighted by atomic mass is 10.2. The lowest BCUT2D eigenvalue weighted by Crippen LogP contribution is -2.32. The van der Waals surface area contributed by atoms with Gasteiger partial charge in [-0.3, -0.25) is 4.79 Å². The Balaban J connectivity index is 2.01. The number of nitrogens with zero attached hydrogens (tertiary/aromatic N) is 5. The van der Waals surface area contributed by atoms with Gasteiger partial charge in [-0.05, 0) is 18.2 Å². The van der Waals surface area contributed by atoms with Gasteiger partial charge in [-0.2, -0.15) is 18.3 Å². The summed E-state index contributed by atoms with van der Waals surface area (Å²) in [5, 5.41) is 11.1. The van der Waals surface area contributed by atoms with Crippen molar-refractivity contribution in [3.8, 4) is 11.7 Å². The number of methoxy groups -OCH3 is 1. The molecule has 0 saturated carbocycles. The molecule has 30 heavy (non-hydrogen) atoms. The first-order chi connectivity index (χ1) is 14.2. The minimum atomic E-state index is -4.87. The number of thiophene rings is 1. The molecule has 0 atom stereocenters. The summed E-state index contributed by atoms with van der Waals surface area (Å²) in [7, 11) is 1.35. The fourth-order valence-electron chi connectivity index (χ4n) is 2.66. The molecule has 0 N–H and O–H groups in total. The van der Waals surface area contributed by atoms with E-state index in [0.29, 0.717) is 9.02 Å². The van der Waals surface area contributed by atoms with Gasteiger partial charge in [0.1, 0.15) is 0 Å². The monoisotopic (exact) mass is 457 g/mol. The maximum absolute atomic E-state index is 13.9. The van der Waals surface area contributed by atoms with E-state index in [4.69, 9.17) is 16.3 Å². The van der Waals surface area contributed by atoms with E-state index in [2.05, 4.69) is 21.9 Å². The van der Waals surface area contributed by atoms with Gasteiger partial charge in [0.2, 0.25) is 5.88 Å². The quantitative estimate of drug-likeness (QED) is 0.496. The fraction of sp³-hybridized carbons (Fsp3) is 0.222. The van der Waals surface area contributed by atoms with Crippen molar-refractivity contribution in [2.45, 2.75) is 12.7 Å². The molecule has 3 heterocycles. The number of amides is 1. The zero-order valence-corrected chi connectivity index (χ0v) is 17.1. The summed E-state index contributed by atoms with van der Waals surface area (Å²) in [6, 6.07) is 5.96. The summed E-state index contributed by atoms with van der Waals surface area (Å²) < 4.78 is 47.5. The number of ether oxygens (including phenoxy) is 1. The number of hydrogen-bond acceptors (Lipinski definition) is 6. The van der Waals surface area contributed by atoms with E-state index in [1.165, 1.54) is 41.6 Å². The van der Waals surface area contributed by atoms with Crippen LogP contribution in [0.15, 0.2) is 43.1 Å². The molecule has 0 aromatic carbocycles. The number of carbonyl (C=O) groups is 1. The Hall–Kier alpha value is -2.92. The van der Waals surface area contributed by atoms with Crippen LogP contribution in [0.5, 0.6) is 5.88 Å². The molecule has 0 saturated heterocycles. The molecule has 3 aromatic heterocycles. The van der Waals surface area contributed by atoms with Crippen LogP contribution in [-0.4, -0.2) is 44.4 Å². The number of aromatic nitrogens is 4. The number of rotatable bonds is 7. The van der Waals surface area contributed by atoms with Crippen molar-refractivity contribution in [2.75, 3.05) is 13.7 Å². The molecule has 0 spiro atoms. The predicted octanol–water partition coefficient (Wildman–Crippen LogP) is 4.23. The fourth-order valence-corrected chi connectivity index (χ4v) is 3.76. The van der Waals surface area contributed by atoms with Crippen LogP contribution in [0.2, 0.25) is 4.34 Å². The van der Waals surface area contributed by atoms with Crippen molar-refractivity contribution in [3.63, 3.8) is 0 Å². The molecule has 0 aliphatic carbocycles. The van der Waals surface area contributed by atoms with Crippen LogP contribution in [0.3, 0.4) is 0 Å². The van der Waals surface area contributed by atoms with E-state index in [0.717, 1.165) is 11.1 Å². The van der Waals surface area contributed by atoms with E-state index in [-0.39, 0.29) is 24.8 Å². The van der Waals surface area contributed by atoms with E-state index < -0.39 is 23.3 Å². The van der Waals surface area contributed by atoms with Crippen molar-refractivity contribution in [2.24, 2.45) is 0 Å². The third-order valence-corrected chi connectivity index (χ3v) is 5.15. The second-order valence-electron chi connectivity index (χ2n) is 5.93. The second kappa shape index (κ2) is 8.84. The van der Waals surface area contributed by atoms with Gasteiger partial charge in [0.05, 0.1) is 29.8 Å². The minimum Gasteiger partial charge on any atom is -0.480 e. The summed E-state index contributed by atoms with van der Waals surface area (Å²) >= 11 is 7.14. The Morgan fingerprint density at radius 1 is 1.33 bits per heavy atom. The average molecular weight is 458 g/mol. The van der Waals surface area contributed by atoms with Gasteiger partial charge < -0.3 is 9.64 Å². The van der Waals surface area contributed by atoms with Gasteiger partial charge in [0, 0.05) is 17.5 Å². The molecular formula is C18H15ClF3N5O2S. The van der Waals surface area contributed by atoms with Gasteiger partial charge in [0.15, 0.2) is 11.5 Å². The number of carbonyl (C=O) groups excluding carboxylic acids is 1. The number of alkyl halides is 3. The lowest BCUT2D eigenvalue weighted by molar-refractivity contribution is -0.143. The molecule has 0 bridgehead atoms. The van der Waals surface area contributed by atoms with E-state index in [1.807, 2.05) is 0 Å². The Morgan fingerprint density at radius 3 is 2.63 bits per heavy atom. The molecule has 3 rings (SSSR count). The molecule has 0 aliphatic rings. The van der Waals surface area contributed by atoms with Crippen LogP contribution >= 0.6 is 22.9 Å². The average Bonchev–Trinajstić information content (AvgIpc) is 3.33. The van der Waals surface area contributed by atoms with Crippen LogP contribution in [0.4, 0.5) is 13.2 Å². The van der Waals surface area contributed by atoms with E-state index in [9.17, 15) is 18.0 Å². The molecule has 7 nitrogen and oxygen atoms in total. The zero-order chi connectivity index (χ0) is 21.9. The smallest absolute Gasteiger partial charge is 0.434 e. The first kappa shape index (κ1) is 21.8. The molecule has 0 fully saturated rings. The topological polar surface area (TPSA) is 73.1 Å². The molecule has 158 valence electrons. The standard InChI is InChI=1S/C18H15ClF3N5O2S/c1-3-8-26(10-11-4-5-13(19)30-11)17(28)12-9-23-27(16(12)18(20,21)22)14-6-7-15(29-2)25-24-14/h3-7,9H,1,8,10H2,2H3. The maximum Gasteiger partial charge on any atom is 0.434 e. The van der Waals surface area contributed by atoms with Crippen LogP contribution < -0.4 is 4.74 Å². The molecular weight excluding hydrogens is 443 g/mol. The van der Waals surface area contributed by atoms with Crippen molar-refractivity contribution in [1.82, 2.24) is 24.9 Å². The van der Waals surface area contributed by atoms with Gasteiger partial charge in [0.25, 0.3) is 5.91 Å². The molecule has 0 radical (unpaired) electrons. The van der Waals surface area contributed by atoms with Gasteiger partial charge in [-0.25, -0.2) is 4.68 Å². The Morgan fingerprint density at radius 2 is 2.10 bits per heavy atom. The normalized spacial score (nSPS) is 11.4. The SMILES string of the molecule is C=CCN(Cc1ccc(Cl)s1)C(=O)c1cnn(-c2ccc(OC)nn2)c1C(F)(F)F. The van der Waals surface area contributed by atoms with Crippen LogP contribution in [0, 0.1) is 0 Å². The highest BCUT2D eigenvalue weighted by atomic mass is 35.5. The highest BCUT2D eigenvalue weighted by Gasteiger charge is 2.41. The third kappa shape index (κ3) is 4.62. The van der Waals surface area contributed by atoms with Gasteiger partial charge >= 0.3 is 6.18 Å². The van der Waals surface area contributed by atoms with Crippen LogP contribution in [0.25, 0.3) is 5.82 Å². The largest absolute Gasteiger partial charge is 0.480 e. The zero-order valence-electron chi connectivity index (χ0n) is 15.6. The summed E-state index contributed by atoms with van der Waals surface area (Å²) in [4.78, 5) is 14.9. The summed E-state index contributed by atoms with van der Waals surface area (Å²) in [5.74, 6) is -0.926. The second-order valence-corrected chi connectivity index (χ2v) is 7.73. The molecule has 3 aromatic rings. The van der Waals surface area contributed by atoms with Crippen molar-refractivity contribution < 1.29 is 22.7 Å². The molecule has 0 aliphatic heterocycles. The number of halogens is 4. The lowest BCUT2D eigenvalue weighted by Gasteiger charge is -2.21. The molecule has 12 heteroatoms. The van der Waals surface area contributed by atoms with Crippen LogP contribution in [-0.2, 0) is 12.7 Å². The van der Waals surface area contributed by atoms with E-state index >= 15 is 0 Å². The first-order valence-electron chi connectivity index (χ1n) is 8.42. The Labute approximate surface area is 178 Å².